The molecular weight excluding hydrogens is 350 g/mol. The quantitative estimate of drug-likeness (QED) is 0.697. The molecule has 10 heteroatoms. The lowest BCUT2D eigenvalue weighted by Crippen LogP contribution is -2.49. The molecule has 0 unspecified atom stereocenters. The molecular formula is C17H17N7O3. The fourth-order valence-corrected chi connectivity index (χ4v) is 2.72. The summed E-state index contributed by atoms with van der Waals surface area (Å²) >= 11 is 0. The van der Waals surface area contributed by atoms with Gasteiger partial charge in [-0.15, -0.1) is 5.10 Å². The van der Waals surface area contributed by atoms with Crippen molar-refractivity contribution in [3.05, 3.63) is 48.0 Å². The number of nitrogens with one attached hydrogen (secondary N) is 2. The summed E-state index contributed by atoms with van der Waals surface area (Å²) in [7, 11) is 0. The van der Waals surface area contributed by atoms with E-state index in [-0.39, 0.29) is 12.4 Å². The monoisotopic (exact) mass is 367 g/mol. The normalized spacial score (nSPS) is 18.9. The molecule has 3 rings (SSSR count). The molecule has 0 spiro atoms. The molecule has 2 aromatic rings. The fourth-order valence-electron chi connectivity index (χ4n) is 2.72. The number of rotatable bonds is 6. The van der Waals surface area contributed by atoms with Crippen LogP contribution in [0.2, 0.25) is 0 Å². The second-order valence-corrected chi connectivity index (χ2v) is 6.30. The van der Waals surface area contributed by atoms with Crippen LogP contribution >= 0.6 is 0 Å². The molecule has 1 aromatic heterocycles. The highest BCUT2D eigenvalue weighted by atomic mass is 16.2. The van der Waals surface area contributed by atoms with Crippen molar-refractivity contribution in [1.82, 2.24) is 30.5 Å². The lowest BCUT2D eigenvalue weighted by molar-refractivity contribution is -0.139. The molecule has 2 heterocycles. The van der Waals surface area contributed by atoms with E-state index in [2.05, 4.69) is 20.8 Å². The van der Waals surface area contributed by atoms with Crippen LogP contribution in [0.5, 0.6) is 0 Å². The van der Waals surface area contributed by atoms with Gasteiger partial charge in [-0.2, -0.15) is 10.3 Å². The Kier molecular flexibility index (Phi) is 4.85. The maximum Gasteiger partial charge on any atom is 0.344 e. The minimum absolute atomic E-state index is 0.0775. The van der Waals surface area contributed by atoms with Crippen molar-refractivity contribution in [1.29, 1.82) is 5.26 Å². The zero-order valence-electron chi connectivity index (χ0n) is 14.5. The van der Waals surface area contributed by atoms with E-state index in [4.69, 9.17) is 5.26 Å². The van der Waals surface area contributed by atoms with Gasteiger partial charge in [-0.1, -0.05) is 30.3 Å². The molecule has 0 saturated carbocycles. The number of nitriles is 1. The van der Waals surface area contributed by atoms with E-state index < -0.39 is 23.4 Å². The van der Waals surface area contributed by atoms with Crippen molar-refractivity contribution in [2.45, 2.75) is 31.8 Å². The van der Waals surface area contributed by atoms with Gasteiger partial charge < -0.3 is 5.32 Å². The number of aryl methyl sites for hydroxylation is 1. The summed E-state index contributed by atoms with van der Waals surface area (Å²) in [5.74, 6) is -1.25. The largest absolute Gasteiger partial charge is 0.344 e. The van der Waals surface area contributed by atoms with E-state index in [1.807, 2.05) is 30.3 Å². The second kappa shape index (κ2) is 7.25. The third-order valence-corrected chi connectivity index (χ3v) is 4.20. The van der Waals surface area contributed by atoms with Gasteiger partial charge in [0, 0.05) is 0 Å². The third kappa shape index (κ3) is 3.92. The number of urea groups is 1. The van der Waals surface area contributed by atoms with Gasteiger partial charge in [0.25, 0.3) is 17.6 Å². The van der Waals surface area contributed by atoms with Gasteiger partial charge in [0.2, 0.25) is 0 Å². The number of hydrogen-bond donors (Lipinski definition) is 2. The number of carbonyl (C=O) groups is 3. The van der Waals surface area contributed by atoms with Crippen molar-refractivity contribution in [3.8, 4) is 6.07 Å². The van der Waals surface area contributed by atoms with Gasteiger partial charge in [-0.25, -0.2) is 14.5 Å². The van der Waals surface area contributed by atoms with E-state index in [0.717, 1.165) is 10.2 Å². The Balaban J connectivity index is 1.61. The van der Waals surface area contributed by atoms with Gasteiger partial charge in [-0.05, 0) is 25.3 Å². The van der Waals surface area contributed by atoms with Crippen LogP contribution in [0.25, 0.3) is 0 Å². The predicted molar refractivity (Wildman–Crippen MR) is 91.4 cm³/mol. The van der Waals surface area contributed by atoms with Crippen LogP contribution in [0.15, 0.2) is 36.7 Å². The van der Waals surface area contributed by atoms with E-state index in [1.165, 1.54) is 6.33 Å². The maximum absolute atomic E-state index is 12.6. The van der Waals surface area contributed by atoms with Gasteiger partial charge in [0.1, 0.15) is 24.5 Å². The molecule has 1 atom stereocenters. The van der Waals surface area contributed by atoms with E-state index in [0.29, 0.717) is 17.9 Å². The Morgan fingerprint density at radius 3 is 2.74 bits per heavy atom. The summed E-state index contributed by atoms with van der Waals surface area (Å²) < 4.78 is 1.14. The first-order valence-corrected chi connectivity index (χ1v) is 8.21. The molecule has 1 saturated heterocycles. The van der Waals surface area contributed by atoms with Crippen LogP contribution in [0, 0.1) is 11.3 Å². The summed E-state index contributed by atoms with van der Waals surface area (Å²) in [5.41, 5.74) is 2.20. The Hall–Kier alpha value is -3.74. The van der Waals surface area contributed by atoms with Crippen LogP contribution in [-0.2, 0) is 22.6 Å². The highest BCUT2D eigenvalue weighted by molar-refractivity contribution is 6.07. The first-order chi connectivity index (χ1) is 12.9. The van der Waals surface area contributed by atoms with Crippen LogP contribution in [0.3, 0.4) is 0 Å². The lowest BCUT2D eigenvalue weighted by atomic mass is 9.93. The number of nitrogens with zero attached hydrogens (tertiary/aromatic N) is 5. The molecule has 1 aliphatic heterocycles. The zero-order valence-corrected chi connectivity index (χ0v) is 14.5. The van der Waals surface area contributed by atoms with Crippen molar-refractivity contribution >= 4 is 17.8 Å². The molecule has 2 N–H and O–H groups in total. The lowest BCUT2D eigenvalue weighted by Gasteiger charge is -2.21. The average molecular weight is 367 g/mol. The first-order valence-electron chi connectivity index (χ1n) is 8.21. The maximum atomic E-state index is 12.6. The number of hydrogen-bond acceptors (Lipinski definition) is 6. The Morgan fingerprint density at radius 1 is 1.33 bits per heavy atom. The Morgan fingerprint density at radius 2 is 2.07 bits per heavy atom. The number of hydrazine groups is 1. The fraction of sp³-hybridized carbons (Fsp3) is 0.294. The zero-order chi connectivity index (χ0) is 19.4. The van der Waals surface area contributed by atoms with Crippen molar-refractivity contribution < 1.29 is 14.4 Å². The third-order valence-electron chi connectivity index (χ3n) is 4.20. The molecule has 0 bridgehead atoms. The molecule has 10 nitrogen and oxygen atoms in total. The summed E-state index contributed by atoms with van der Waals surface area (Å²) in [6, 6.07) is 10.6. The standard InChI is InChI=1S/C17H17N7O3/c1-17(8-7-12-5-3-2-4-6-12)15(26)24(16(27)20-17)22-14(25)10-23-11-19-13(9-18)21-23/h2-6,11H,7-8,10H2,1H3,(H,20,27)(H,22,25)/t17-/m0/s1. The molecule has 4 amide bonds. The minimum Gasteiger partial charge on any atom is -0.322 e. The molecule has 1 aliphatic rings. The summed E-state index contributed by atoms with van der Waals surface area (Å²) in [6.45, 7) is 1.34. The van der Waals surface area contributed by atoms with Crippen LogP contribution in [-0.4, -0.2) is 43.2 Å². The highest BCUT2D eigenvalue weighted by Gasteiger charge is 2.48. The molecule has 27 heavy (non-hydrogen) atoms. The number of carbonyl (C=O) groups excluding carboxylic acids is 3. The minimum atomic E-state index is -1.11. The van der Waals surface area contributed by atoms with E-state index in [9.17, 15) is 14.4 Å². The molecule has 0 aliphatic carbocycles. The molecule has 0 radical (unpaired) electrons. The summed E-state index contributed by atoms with van der Waals surface area (Å²) in [4.78, 5) is 40.6. The summed E-state index contributed by atoms with van der Waals surface area (Å²) in [6.07, 6.45) is 2.21. The van der Waals surface area contributed by atoms with Crippen molar-refractivity contribution in [2.75, 3.05) is 0 Å². The first kappa shape index (κ1) is 18.1. The van der Waals surface area contributed by atoms with Crippen molar-refractivity contribution in [2.24, 2.45) is 0 Å². The highest BCUT2D eigenvalue weighted by Crippen LogP contribution is 2.22. The second-order valence-electron chi connectivity index (χ2n) is 6.30. The van der Waals surface area contributed by atoms with Crippen LogP contribution in [0.4, 0.5) is 4.79 Å². The van der Waals surface area contributed by atoms with Crippen LogP contribution in [0.1, 0.15) is 24.7 Å². The van der Waals surface area contributed by atoms with Gasteiger partial charge >= 0.3 is 6.03 Å². The van der Waals surface area contributed by atoms with E-state index >= 15 is 0 Å². The Labute approximate surface area is 154 Å². The summed E-state index contributed by atoms with van der Waals surface area (Å²) in [5, 5.41) is 15.7. The van der Waals surface area contributed by atoms with Crippen LogP contribution < -0.4 is 10.7 Å². The molecule has 1 aromatic carbocycles. The molecule has 138 valence electrons. The smallest absolute Gasteiger partial charge is 0.322 e. The number of imide groups is 1. The topological polar surface area (TPSA) is 133 Å². The van der Waals surface area contributed by atoms with Crippen molar-refractivity contribution in [3.63, 3.8) is 0 Å². The predicted octanol–water partition coefficient (Wildman–Crippen LogP) is 0.124. The number of amides is 4. The van der Waals surface area contributed by atoms with Gasteiger partial charge in [0.15, 0.2) is 0 Å². The average Bonchev–Trinajstić information content (AvgIpc) is 3.19. The molecule has 1 fully saturated rings. The number of benzene rings is 1. The SMILES string of the molecule is C[C@@]1(CCc2ccccc2)NC(=O)N(NC(=O)Cn2cnc(C#N)n2)C1=O. The Bertz CT molecular complexity index is 918. The van der Waals surface area contributed by atoms with Gasteiger partial charge in [-0.3, -0.25) is 15.0 Å². The van der Waals surface area contributed by atoms with Gasteiger partial charge in [0.05, 0.1) is 0 Å². The number of aromatic nitrogens is 3. The van der Waals surface area contributed by atoms with E-state index in [1.54, 1.807) is 13.0 Å².